The Kier molecular flexibility index (Phi) is 3.78. The van der Waals surface area contributed by atoms with E-state index in [1.165, 1.54) is 32.1 Å². The number of ketones is 1. The molecule has 0 atom stereocenters. The second-order valence-corrected chi connectivity index (χ2v) is 5.86. The molecular formula is C18H20O2. The molecule has 0 aromatic heterocycles. The van der Waals surface area contributed by atoms with Gasteiger partial charge in [0, 0.05) is 6.42 Å². The third-order valence-electron chi connectivity index (χ3n) is 4.34. The summed E-state index contributed by atoms with van der Waals surface area (Å²) in [6.45, 7) is 2.19. The van der Waals surface area contributed by atoms with Gasteiger partial charge >= 0.3 is 0 Å². The van der Waals surface area contributed by atoms with Crippen LogP contribution < -0.4 is 4.74 Å². The van der Waals surface area contributed by atoms with Gasteiger partial charge in [-0.25, -0.2) is 0 Å². The third-order valence-corrected chi connectivity index (χ3v) is 4.34. The number of benzene rings is 1. The van der Waals surface area contributed by atoms with E-state index in [9.17, 15) is 4.79 Å². The standard InChI is InChI=1S/C18H20O2/c1-13-10-11-16-17(19)12-20-18(16)15(13)9-5-8-14-6-3-2-4-7-14/h10-11,14H,2-4,6-8,12H2,1H3. The topological polar surface area (TPSA) is 26.3 Å². The van der Waals surface area contributed by atoms with E-state index in [0.29, 0.717) is 11.3 Å². The lowest BCUT2D eigenvalue weighted by atomic mass is 9.87. The molecule has 1 aliphatic heterocycles. The van der Waals surface area contributed by atoms with E-state index in [4.69, 9.17) is 4.74 Å². The minimum atomic E-state index is 0.0651. The number of hydrogen-bond donors (Lipinski definition) is 0. The van der Waals surface area contributed by atoms with Gasteiger partial charge in [0.2, 0.25) is 5.78 Å². The second kappa shape index (κ2) is 5.71. The minimum Gasteiger partial charge on any atom is -0.483 e. The molecule has 0 spiro atoms. The first-order valence-corrected chi connectivity index (χ1v) is 7.54. The number of hydrogen-bond acceptors (Lipinski definition) is 2. The van der Waals surface area contributed by atoms with Crippen molar-refractivity contribution in [1.29, 1.82) is 0 Å². The van der Waals surface area contributed by atoms with Crippen molar-refractivity contribution in [1.82, 2.24) is 0 Å². The van der Waals surface area contributed by atoms with Crippen molar-refractivity contribution in [2.45, 2.75) is 45.4 Å². The second-order valence-electron chi connectivity index (χ2n) is 5.86. The molecule has 20 heavy (non-hydrogen) atoms. The maximum atomic E-state index is 11.7. The van der Waals surface area contributed by atoms with E-state index >= 15 is 0 Å². The molecule has 0 unspecified atom stereocenters. The molecule has 3 rings (SSSR count). The quantitative estimate of drug-likeness (QED) is 0.722. The van der Waals surface area contributed by atoms with Gasteiger partial charge in [0.15, 0.2) is 6.61 Å². The zero-order valence-corrected chi connectivity index (χ0v) is 12.0. The summed E-state index contributed by atoms with van der Waals surface area (Å²) in [5, 5.41) is 0. The van der Waals surface area contributed by atoms with Crippen molar-refractivity contribution in [2.24, 2.45) is 5.92 Å². The molecule has 2 heteroatoms. The van der Waals surface area contributed by atoms with Gasteiger partial charge in [0.05, 0.1) is 11.1 Å². The van der Waals surface area contributed by atoms with Crippen LogP contribution in [0.15, 0.2) is 12.1 Å². The highest BCUT2D eigenvalue weighted by Gasteiger charge is 2.24. The van der Waals surface area contributed by atoms with E-state index in [2.05, 4.69) is 11.8 Å². The average Bonchev–Trinajstić information content (AvgIpc) is 2.84. The van der Waals surface area contributed by atoms with E-state index in [-0.39, 0.29) is 12.4 Å². The normalized spacial score (nSPS) is 18.1. The van der Waals surface area contributed by atoms with E-state index < -0.39 is 0 Å². The van der Waals surface area contributed by atoms with Gasteiger partial charge in [-0.1, -0.05) is 37.2 Å². The fraction of sp³-hybridized carbons (Fsp3) is 0.500. The van der Waals surface area contributed by atoms with Crippen molar-refractivity contribution < 1.29 is 9.53 Å². The summed E-state index contributed by atoms with van der Waals surface area (Å²) in [6, 6.07) is 3.82. The number of Topliss-reactive ketones (excluding diaryl/α,β-unsaturated/α-hetero) is 1. The first-order chi connectivity index (χ1) is 9.75. The molecule has 1 aromatic rings. The maximum Gasteiger partial charge on any atom is 0.203 e. The molecule has 1 saturated carbocycles. The SMILES string of the molecule is Cc1ccc2c(c1C#CCC1CCCCC1)OCC2=O. The third kappa shape index (κ3) is 2.58. The lowest BCUT2D eigenvalue weighted by Gasteiger charge is -2.18. The number of carbonyl (C=O) groups is 1. The predicted molar refractivity (Wildman–Crippen MR) is 79.1 cm³/mol. The van der Waals surface area contributed by atoms with Crippen LogP contribution in [0.5, 0.6) is 5.75 Å². The van der Waals surface area contributed by atoms with Gasteiger partial charge in [-0.3, -0.25) is 4.79 Å². The summed E-state index contributed by atoms with van der Waals surface area (Å²) in [5.74, 6) is 8.09. The molecule has 1 aromatic carbocycles. The fourth-order valence-electron chi connectivity index (χ4n) is 3.10. The maximum absolute atomic E-state index is 11.7. The molecular weight excluding hydrogens is 248 g/mol. The summed E-state index contributed by atoms with van der Waals surface area (Å²) in [7, 11) is 0. The van der Waals surface area contributed by atoms with Gasteiger partial charge in [0.1, 0.15) is 5.75 Å². The molecule has 0 saturated heterocycles. The summed E-state index contributed by atoms with van der Waals surface area (Å²) in [6.07, 6.45) is 7.68. The molecule has 0 amide bonds. The van der Waals surface area contributed by atoms with E-state index in [1.807, 2.05) is 19.1 Å². The van der Waals surface area contributed by atoms with Crippen LogP contribution in [0.3, 0.4) is 0 Å². The van der Waals surface area contributed by atoms with Crippen LogP contribution in [0.4, 0.5) is 0 Å². The highest BCUT2D eigenvalue weighted by Crippen LogP contribution is 2.31. The molecule has 1 heterocycles. The summed E-state index contributed by atoms with van der Waals surface area (Å²) in [5.41, 5.74) is 2.69. The molecule has 0 N–H and O–H groups in total. The largest absolute Gasteiger partial charge is 0.483 e. The minimum absolute atomic E-state index is 0.0651. The number of aryl methyl sites for hydroxylation is 1. The predicted octanol–water partition coefficient (Wildman–Crippen LogP) is 3.89. The zero-order chi connectivity index (χ0) is 13.9. The smallest absolute Gasteiger partial charge is 0.203 e. The van der Waals surface area contributed by atoms with Crippen molar-refractivity contribution in [3.8, 4) is 17.6 Å². The number of rotatable bonds is 1. The molecule has 1 fully saturated rings. The molecule has 1 aliphatic carbocycles. The number of carbonyl (C=O) groups excluding carboxylic acids is 1. The Bertz CT molecular complexity index is 583. The lowest BCUT2D eigenvalue weighted by Crippen LogP contribution is -2.04. The van der Waals surface area contributed by atoms with Gasteiger partial charge in [-0.2, -0.15) is 0 Å². The highest BCUT2D eigenvalue weighted by atomic mass is 16.5. The van der Waals surface area contributed by atoms with Crippen molar-refractivity contribution in [2.75, 3.05) is 6.61 Å². The Balaban J connectivity index is 1.79. The Morgan fingerprint density at radius 2 is 2.05 bits per heavy atom. The van der Waals surface area contributed by atoms with Crippen LogP contribution in [-0.4, -0.2) is 12.4 Å². The summed E-state index contributed by atoms with van der Waals surface area (Å²) >= 11 is 0. The van der Waals surface area contributed by atoms with E-state index in [1.54, 1.807) is 0 Å². The van der Waals surface area contributed by atoms with Crippen LogP contribution >= 0.6 is 0 Å². The summed E-state index contributed by atoms with van der Waals surface area (Å²) in [4.78, 5) is 11.7. The van der Waals surface area contributed by atoms with Crippen molar-refractivity contribution in [3.63, 3.8) is 0 Å². The Hall–Kier alpha value is -1.75. The zero-order valence-electron chi connectivity index (χ0n) is 12.0. The van der Waals surface area contributed by atoms with Gasteiger partial charge in [0.25, 0.3) is 0 Å². The molecule has 104 valence electrons. The first kappa shape index (κ1) is 13.2. The molecule has 0 radical (unpaired) electrons. The van der Waals surface area contributed by atoms with Crippen LogP contribution in [0.1, 0.15) is 60.0 Å². The van der Waals surface area contributed by atoms with Gasteiger partial charge < -0.3 is 4.74 Å². The van der Waals surface area contributed by atoms with Crippen LogP contribution in [0.2, 0.25) is 0 Å². The Labute approximate surface area is 120 Å². The summed E-state index contributed by atoms with van der Waals surface area (Å²) < 4.78 is 5.51. The molecule has 2 aliphatic rings. The Morgan fingerprint density at radius 1 is 1.25 bits per heavy atom. The van der Waals surface area contributed by atoms with Crippen molar-refractivity contribution in [3.05, 3.63) is 28.8 Å². The van der Waals surface area contributed by atoms with E-state index in [0.717, 1.165) is 23.5 Å². The monoisotopic (exact) mass is 268 g/mol. The number of ether oxygens (including phenoxy) is 1. The molecule has 0 bridgehead atoms. The first-order valence-electron chi connectivity index (χ1n) is 7.54. The van der Waals surface area contributed by atoms with Crippen LogP contribution in [0, 0.1) is 24.7 Å². The average molecular weight is 268 g/mol. The lowest BCUT2D eigenvalue weighted by molar-refractivity contribution is 0.0961. The van der Waals surface area contributed by atoms with Crippen LogP contribution in [-0.2, 0) is 0 Å². The highest BCUT2D eigenvalue weighted by molar-refractivity contribution is 6.03. The van der Waals surface area contributed by atoms with Gasteiger partial charge in [-0.15, -0.1) is 0 Å². The molecule has 2 nitrogen and oxygen atoms in total. The number of fused-ring (bicyclic) bond motifs is 1. The fourth-order valence-corrected chi connectivity index (χ4v) is 3.10. The van der Waals surface area contributed by atoms with Gasteiger partial charge in [-0.05, 0) is 37.3 Å². The Morgan fingerprint density at radius 3 is 2.85 bits per heavy atom. The van der Waals surface area contributed by atoms with Crippen LogP contribution in [0.25, 0.3) is 0 Å². The van der Waals surface area contributed by atoms with Crippen molar-refractivity contribution >= 4 is 5.78 Å².